The average Bonchev–Trinajstić information content (AvgIpc) is 2.66. The molecule has 0 amide bonds. The van der Waals surface area contributed by atoms with Gasteiger partial charge in [0.05, 0.1) is 11.7 Å². The van der Waals surface area contributed by atoms with Gasteiger partial charge in [-0.2, -0.15) is 0 Å². The van der Waals surface area contributed by atoms with Crippen LogP contribution in [0.25, 0.3) is 0 Å². The van der Waals surface area contributed by atoms with Crippen LogP contribution in [0.2, 0.25) is 0 Å². The first-order valence-electron chi connectivity index (χ1n) is 10.7. The molecule has 0 radical (unpaired) electrons. The SMILES string of the molecule is C=CC(C)(CCC=C(C)C)OC(=O)C(C=C=O)(OC(C)=O)OC(C)(C=C)CCC=C(C)C. The Labute approximate surface area is 192 Å². The van der Waals surface area contributed by atoms with E-state index < -0.39 is 28.9 Å². The summed E-state index contributed by atoms with van der Waals surface area (Å²) in [6.45, 7) is 19.9. The van der Waals surface area contributed by atoms with E-state index in [0.29, 0.717) is 25.7 Å². The van der Waals surface area contributed by atoms with Gasteiger partial charge in [0.25, 0.3) is 0 Å². The van der Waals surface area contributed by atoms with Crippen molar-refractivity contribution >= 4 is 17.9 Å². The zero-order valence-electron chi connectivity index (χ0n) is 20.6. The second-order valence-corrected chi connectivity index (χ2v) is 8.69. The smallest absolute Gasteiger partial charge is 0.386 e. The van der Waals surface area contributed by atoms with Gasteiger partial charge in [0.15, 0.2) is 0 Å². The Kier molecular flexibility index (Phi) is 11.9. The highest BCUT2D eigenvalue weighted by atomic mass is 16.8. The molecule has 0 aliphatic rings. The molecule has 0 bridgehead atoms. The van der Waals surface area contributed by atoms with Crippen molar-refractivity contribution in [3.05, 3.63) is 54.7 Å². The van der Waals surface area contributed by atoms with Crippen LogP contribution in [0.5, 0.6) is 0 Å². The minimum atomic E-state index is -2.41. The molecule has 0 saturated carbocycles. The molecule has 178 valence electrons. The Hall–Kier alpha value is -2.69. The normalized spacial score (nSPS) is 16.0. The van der Waals surface area contributed by atoms with Crippen molar-refractivity contribution in [3.63, 3.8) is 0 Å². The van der Waals surface area contributed by atoms with Crippen molar-refractivity contribution in [2.45, 2.75) is 91.1 Å². The van der Waals surface area contributed by atoms with Crippen molar-refractivity contribution in [3.8, 4) is 0 Å². The van der Waals surface area contributed by atoms with Gasteiger partial charge < -0.3 is 14.2 Å². The number of ether oxygens (including phenoxy) is 3. The number of esters is 2. The lowest BCUT2D eigenvalue weighted by Crippen LogP contribution is -2.52. The Morgan fingerprint density at radius 3 is 1.69 bits per heavy atom. The van der Waals surface area contributed by atoms with E-state index in [1.165, 1.54) is 18.1 Å². The lowest BCUT2D eigenvalue weighted by atomic mass is 9.97. The van der Waals surface area contributed by atoms with Gasteiger partial charge in [0.2, 0.25) is 0 Å². The van der Waals surface area contributed by atoms with Crippen LogP contribution in [-0.2, 0) is 28.6 Å². The molecule has 0 aromatic heterocycles. The van der Waals surface area contributed by atoms with Crippen molar-refractivity contribution in [1.29, 1.82) is 0 Å². The van der Waals surface area contributed by atoms with E-state index in [-0.39, 0.29) is 0 Å². The maximum absolute atomic E-state index is 13.3. The predicted molar refractivity (Wildman–Crippen MR) is 126 cm³/mol. The van der Waals surface area contributed by atoms with Gasteiger partial charge in [-0.3, -0.25) is 4.79 Å². The number of allylic oxidation sites excluding steroid dienone is 4. The summed E-state index contributed by atoms with van der Waals surface area (Å²) in [5, 5.41) is 0. The molecule has 0 aliphatic carbocycles. The van der Waals surface area contributed by atoms with Crippen LogP contribution in [-0.4, -0.2) is 34.9 Å². The summed E-state index contributed by atoms with van der Waals surface area (Å²) in [5.74, 6) is -2.77. The summed E-state index contributed by atoms with van der Waals surface area (Å²) in [6, 6.07) is 0. The molecule has 0 aliphatic heterocycles. The molecule has 0 aromatic rings. The van der Waals surface area contributed by atoms with E-state index in [9.17, 15) is 14.4 Å². The molecule has 0 spiro atoms. The van der Waals surface area contributed by atoms with E-state index in [0.717, 1.165) is 24.1 Å². The molecule has 0 fully saturated rings. The van der Waals surface area contributed by atoms with Crippen LogP contribution in [0, 0.1) is 0 Å². The maximum Gasteiger partial charge on any atom is 0.386 e. The van der Waals surface area contributed by atoms with Crippen molar-refractivity contribution < 1.29 is 28.6 Å². The number of carbonyl (C=O) groups is 2. The molecular formula is C26H38O6. The van der Waals surface area contributed by atoms with Crippen LogP contribution < -0.4 is 0 Å². The Bertz CT molecular complexity index is 793. The molecule has 0 heterocycles. The largest absolute Gasteiger partial charge is 0.450 e. The topological polar surface area (TPSA) is 78.9 Å². The highest BCUT2D eigenvalue weighted by molar-refractivity contribution is 5.86. The average molecular weight is 447 g/mol. The van der Waals surface area contributed by atoms with Gasteiger partial charge in [-0.15, -0.1) is 6.58 Å². The fourth-order valence-electron chi connectivity index (χ4n) is 2.83. The lowest BCUT2D eigenvalue weighted by Gasteiger charge is -2.38. The fourth-order valence-corrected chi connectivity index (χ4v) is 2.83. The van der Waals surface area contributed by atoms with Gasteiger partial charge in [-0.25, -0.2) is 9.59 Å². The molecule has 32 heavy (non-hydrogen) atoms. The Morgan fingerprint density at radius 2 is 1.31 bits per heavy atom. The second kappa shape index (κ2) is 13.0. The van der Waals surface area contributed by atoms with Crippen molar-refractivity contribution in [1.82, 2.24) is 0 Å². The zero-order chi connectivity index (χ0) is 25.0. The van der Waals surface area contributed by atoms with Gasteiger partial charge in [-0.05, 0) is 73.3 Å². The minimum Gasteiger partial charge on any atom is -0.450 e. The number of hydrogen-bond donors (Lipinski definition) is 0. The third-order valence-corrected chi connectivity index (χ3v) is 4.79. The van der Waals surface area contributed by atoms with E-state index in [1.54, 1.807) is 13.8 Å². The molecule has 3 atom stereocenters. The number of rotatable bonds is 14. The molecule has 0 rings (SSSR count). The first-order valence-corrected chi connectivity index (χ1v) is 10.7. The van der Waals surface area contributed by atoms with Crippen molar-refractivity contribution in [2.75, 3.05) is 0 Å². The standard InChI is InChI=1S/C26H38O6/c1-10-24(8,16-12-14-20(3)4)31-23(29)26(18-19-27,30-22(7)28)32-25(9,11-2)17-13-15-21(5)6/h10-11,14-15,18H,1-2,12-13,16-17H2,3-9H3. The minimum absolute atomic E-state index is 0.421. The van der Waals surface area contributed by atoms with E-state index in [1.807, 2.05) is 39.8 Å². The van der Waals surface area contributed by atoms with Gasteiger partial charge >= 0.3 is 17.7 Å². The Morgan fingerprint density at radius 1 is 0.844 bits per heavy atom. The number of hydrogen-bond acceptors (Lipinski definition) is 6. The summed E-state index contributed by atoms with van der Waals surface area (Å²) in [4.78, 5) is 36.5. The van der Waals surface area contributed by atoms with Crippen molar-refractivity contribution in [2.24, 2.45) is 0 Å². The second-order valence-electron chi connectivity index (χ2n) is 8.69. The molecular weight excluding hydrogens is 408 g/mol. The predicted octanol–water partition coefficient (Wildman–Crippen LogP) is 5.58. The summed E-state index contributed by atoms with van der Waals surface area (Å²) >= 11 is 0. The molecule has 6 heteroatoms. The van der Waals surface area contributed by atoms with Crippen LogP contribution in [0.4, 0.5) is 0 Å². The lowest BCUT2D eigenvalue weighted by molar-refractivity contribution is -0.253. The van der Waals surface area contributed by atoms with Crippen LogP contribution in [0.3, 0.4) is 0 Å². The molecule has 3 unspecified atom stereocenters. The van der Waals surface area contributed by atoms with Crippen LogP contribution in [0.1, 0.15) is 74.1 Å². The fraction of sp³-hybridized carbons (Fsp3) is 0.538. The highest BCUT2D eigenvalue weighted by Crippen LogP contribution is 2.32. The molecule has 0 aromatic carbocycles. The van der Waals surface area contributed by atoms with E-state index in [4.69, 9.17) is 14.2 Å². The molecule has 0 saturated heterocycles. The van der Waals surface area contributed by atoms with Gasteiger partial charge in [0.1, 0.15) is 11.5 Å². The third-order valence-electron chi connectivity index (χ3n) is 4.79. The monoisotopic (exact) mass is 446 g/mol. The molecule has 6 nitrogen and oxygen atoms in total. The highest BCUT2D eigenvalue weighted by Gasteiger charge is 2.50. The van der Waals surface area contributed by atoms with Gasteiger partial charge in [0, 0.05) is 6.92 Å². The first-order chi connectivity index (χ1) is 14.8. The van der Waals surface area contributed by atoms with Crippen LogP contribution in [0.15, 0.2) is 54.7 Å². The van der Waals surface area contributed by atoms with Gasteiger partial charge in [-0.1, -0.05) is 36.0 Å². The van der Waals surface area contributed by atoms with Crippen LogP contribution >= 0.6 is 0 Å². The number of carbonyl (C=O) groups excluding carboxylic acids is 3. The first kappa shape index (κ1) is 29.3. The van der Waals surface area contributed by atoms with E-state index >= 15 is 0 Å². The zero-order valence-corrected chi connectivity index (χ0v) is 20.6. The third kappa shape index (κ3) is 10.1. The summed E-state index contributed by atoms with van der Waals surface area (Å²) < 4.78 is 16.9. The van der Waals surface area contributed by atoms with E-state index in [2.05, 4.69) is 13.2 Å². The quantitative estimate of drug-likeness (QED) is 0.150. The summed E-state index contributed by atoms with van der Waals surface area (Å²) in [5.41, 5.74) is 0.0528. The molecule has 0 N–H and O–H groups in total. The summed E-state index contributed by atoms with van der Waals surface area (Å²) in [6.07, 6.45) is 9.84. The summed E-state index contributed by atoms with van der Waals surface area (Å²) in [7, 11) is 0. The maximum atomic E-state index is 13.3. The Balaban J connectivity index is 6.10.